The molecule has 2 unspecified atom stereocenters. The summed E-state index contributed by atoms with van der Waals surface area (Å²) < 4.78 is -0.197. The van der Waals surface area contributed by atoms with Crippen LogP contribution in [0.4, 0.5) is 0 Å². The first kappa shape index (κ1) is 16.6. The molecule has 1 aromatic carbocycles. The van der Waals surface area contributed by atoms with E-state index in [9.17, 15) is 4.79 Å². The Hall–Kier alpha value is -0.760. The molecule has 2 atom stereocenters. The van der Waals surface area contributed by atoms with Gasteiger partial charge < -0.3 is 0 Å². The van der Waals surface area contributed by atoms with Crippen LogP contribution < -0.4 is 0 Å². The molecule has 1 nitrogen and oxygen atoms in total. The number of carbonyl (C=O) groups excluding carboxylic acids is 1. The molecule has 1 aliphatic rings. The Morgan fingerprint density at radius 2 is 1.81 bits per heavy atom. The van der Waals surface area contributed by atoms with Crippen LogP contribution in [0.15, 0.2) is 30.3 Å². The third-order valence-electron chi connectivity index (χ3n) is 5.73. The SMILES string of the molecule is CSC1(C)C(=O)CC(CCCCc2ccccc2)C1(C)C. The van der Waals surface area contributed by atoms with Crippen LogP contribution in [0.1, 0.15) is 52.0 Å². The molecule has 0 spiro atoms. The van der Waals surface area contributed by atoms with E-state index >= 15 is 0 Å². The lowest BCUT2D eigenvalue weighted by molar-refractivity contribution is -0.119. The van der Waals surface area contributed by atoms with Crippen LogP contribution in [0.5, 0.6) is 0 Å². The summed E-state index contributed by atoms with van der Waals surface area (Å²) >= 11 is 1.74. The summed E-state index contributed by atoms with van der Waals surface area (Å²) in [7, 11) is 0. The van der Waals surface area contributed by atoms with Crippen LogP contribution in [-0.4, -0.2) is 16.8 Å². The summed E-state index contributed by atoms with van der Waals surface area (Å²) in [4.78, 5) is 12.4. The van der Waals surface area contributed by atoms with E-state index in [0.717, 1.165) is 12.8 Å². The largest absolute Gasteiger partial charge is 0.298 e. The number of aryl methyl sites for hydroxylation is 1. The molecular formula is C19H28OS. The van der Waals surface area contributed by atoms with E-state index in [1.807, 2.05) is 0 Å². The Morgan fingerprint density at radius 3 is 2.38 bits per heavy atom. The second-order valence-corrected chi connectivity index (χ2v) is 8.24. The molecule has 0 bridgehead atoms. The number of unbranched alkanes of at least 4 members (excludes halogenated alkanes) is 1. The molecule has 0 heterocycles. The van der Waals surface area contributed by atoms with E-state index in [1.165, 1.54) is 24.8 Å². The molecule has 0 radical (unpaired) electrons. The number of thioether (sulfide) groups is 1. The maximum Gasteiger partial charge on any atom is 0.149 e. The van der Waals surface area contributed by atoms with Gasteiger partial charge in [0.15, 0.2) is 0 Å². The molecule has 1 aliphatic carbocycles. The van der Waals surface area contributed by atoms with Crippen molar-refractivity contribution in [2.45, 2.75) is 57.6 Å². The van der Waals surface area contributed by atoms with Gasteiger partial charge >= 0.3 is 0 Å². The number of hydrogen-bond donors (Lipinski definition) is 0. The highest BCUT2D eigenvalue weighted by molar-refractivity contribution is 8.00. The monoisotopic (exact) mass is 304 g/mol. The lowest BCUT2D eigenvalue weighted by atomic mass is 9.73. The molecule has 21 heavy (non-hydrogen) atoms. The predicted octanol–water partition coefficient (Wildman–Crippen LogP) is 5.14. The summed E-state index contributed by atoms with van der Waals surface area (Å²) in [6, 6.07) is 10.7. The number of ketones is 1. The van der Waals surface area contributed by atoms with Crippen molar-refractivity contribution in [1.29, 1.82) is 0 Å². The first-order chi connectivity index (χ1) is 9.91. The van der Waals surface area contributed by atoms with Gasteiger partial charge in [-0.2, -0.15) is 11.8 Å². The van der Waals surface area contributed by atoms with Crippen molar-refractivity contribution in [1.82, 2.24) is 0 Å². The minimum Gasteiger partial charge on any atom is -0.298 e. The molecular weight excluding hydrogens is 276 g/mol. The van der Waals surface area contributed by atoms with E-state index in [2.05, 4.69) is 57.4 Å². The van der Waals surface area contributed by atoms with Gasteiger partial charge in [-0.1, -0.05) is 50.6 Å². The Labute approximate surface area is 133 Å². The molecule has 1 aromatic rings. The molecule has 2 rings (SSSR count). The van der Waals surface area contributed by atoms with Crippen molar-refractivity contribution in [3.8, 4) is 0 Å². The van der Waals surface area contributed by atoms with Crippen LogP contribution in [0, 0.1) is 11.3 Å². The number of hydrogen-bond acceptors (Lipinski definition) is 2. The van der Waals surface area contributed by atoms with Gasteiger partial charge in [-0.25, -0.2) is 0 Å². The van der Waals surface area contributed by atoms with Gasteiger partial charge in [0.2, 0.25) is 0 Å². The second-order valence-electron chi connectivity index (χ2n) is 7.01. The van der Waals surface area contributed by atoms with Crippen LogP contribution in [0.2, 0.25) is 0 Å². The predicted molar refractivity (Wildman–Crippen MR) is 92.8 cm³/mol. The molecule has 0 aromatic heterocycles. The van der Waals surface area contributed by atoms with Crippen molar-refractivity contribution in [2.75, 3.05) is 6.26 Å². The fourth-order valence-corrected chi connectivity index (χ4v) is 4.63. The molecule has 0 N–H and O–H groups in total. The lowest BCUT2D eigenvalue weighted by Crippen LogP contribution is -2.41. The molecule has 0 aliphatic heterocycles. The zero-order chi connectivity index (χ0) is 15.5. The molecule has 0 saturated heterocycles. The van der Waals surface area contributed by atoms with E-state index in [1.54, 1.807) is 11.8 Å². The third-order valence-corrected chi connectivity index (χ3v) is 7.30. The van der Waals surface area contributed by atoms with Crippen molar-refractivity contribution in [3.05, 3.63) is 35.9 Å². The summed E-state index contributed by atoms with van der Waals surface area (Å²) in [6.45, 7) is 6.72. The fourth-order valence-electron chi connectivity index (χ4n) is 3.63. The molecule has 116 valence electrons. The summed E-state index contributed by atoms with van der Waals surface area (Å²) in [6.07, 6.45) is 7.64. The standard InChI is InChI=1S/C19H28OS/c1-18(2)16(14-17(20)19(18,3)21-4)13-9-8-12-15-10-6-5-7-11-15/h5-7,10-11,16H,8-9,12-14H2,1-4H3. The summed E-state index contributed by atoms with van der Waals surface area (Å²) in [5.41, 5.74) is 1.53. The third kappa shape index (κ3) is 3.21. The molecule has 1 fully saturated rings. The minimum atomic E-state index is -0.197. The smallest absolute Gasteiger partial charge is 0.149 e. The number of carbonyl (C=O) groups is 1. The summed E-state index contributed by atoms with van der Waals surface area (Å²) in [5, 5.41) is 0. The van der Waals surface area contributed by atoms with Crippen molar-refractivity contribution >= 4 is 17.5 Å². The van der Waals surface area contributed by atoms with Crippen molar-refractivity contribution in [2.24, 2.45) is 11.3 Å². The maximum atomic E-state index is 12.4. The highest BCUT2D eigenvalue weighted by atomic mass is 32.2. The lowest BCUT2D eigenvalue weighted by Gasteiger charge is -2.39. The molecule has 1 saturated carbocycles. The minimum absolute atomic E-state index is 0.107. The summed E-state index contributed by atoms with van der Waals surface area (Å²) in [5.74, 6) is 0.992. The van der Waals surface area contributed by atoms with E-state index in [-0.39, 0.29) is 10.2 Å². The van der Waals surface area contributed by atoms with Gasteiger partial charge in [0.25, 0.3) is 0 Å². The first-order valence-electron chi connectivity index (χ1n) is 8.04. The number of benzene rings is 1. The van der Waals surface area contributed by atoms with Gasteiger partial charge in [0.1, 0.15) is 5.78 Å². The van der Waals surface area contributed by atoms with Crippen LogP contribution in [0.3, 0.4) is 0 Å². The average molecular weight is 304 g/mol. The quantitative estimate of drug-likeness (QED) is 0.677. The number of Topliss-reactive ketones (excluding diaryl/α,β-unsaturated/α-hetero) is 1. The first-order valence-corrected chi connectivity index (χ1v) is 9.26. The maximum absolute atomic E-state index is 12.4. The van der Waals surface area contributed by atoms with Crippen molar-refractivity contribution < 1.29 is 4.79 Å². The van der Waals surface area contributed by atoms with Crippen LogP contribution in [0.25, 0.3) is 0 Å². The van der Waals surface area contributed by atoms with Gasteiger partial charge in [-0.15, -0.1) is 0 Å². The fraction of sp³-hybridized carbons (Fsp3) is 0.632. The van der Waals surface area contributed by atoms with E-state index in [0.29, 0.717) is 11.7 Å². The van der Waals surface area contributed by atoms with Gasteiger partial charge in [0, 0.05) is 6.42 Å². The van der Waals surface area contributed by atoms with Crippen LogP contribution >= 0.6 is 11.8 Å². The Balaban J connectivity index is 1.85. The van der Waals surface area contributed by atoms with Crippen LogP contribution in [-0.2, 0) is 11.2 Å². The Bertz CT molecular complexity index is 480. The molecule has 0 amide bonds. The normalized spacial score (nSPS) is 28.0. The van der Waals surface area contributed by atoms with Crippen molar-refractivity contribution in [3.63, 3.8) is 0 Å². The average Bonchev–Trinajstić information content (AvgIpc) is 2.65. The highest BCUT2D eigenvalue weighted by Crippen LogP contribution is 2.55. The van der Waals surface area contributed by atoms with Gasteiger partial charge in [0.05, 0.1) is 4.75 Å². The van der Waals surface area contributed by atoms with E-state index < -0.39 is 0 Å². The Morgan fingerprint density at radius 1 is 1.14 bits per heavy atom. The van der Waals surface area contributed by atoms with Gasteiger partial charge in [-0.05, 0) is 49.3 Å². The highest BCUT2D eigenvalue weighted by Gasteiger charge is 2.56. The zero-order valence-electron chi connectivity index (χ0n) is 13.8. The Kier molecular flexibility index (Phi) is 5.19. The molecule has 2 heteroatoms. The number of rotatable bonds is 6. The topological polar surface area (TPSA) is 17.1 Å². The second kappa shape index (κ2) is 6.56. The van der Waals surface area contributed by atoms with Gasteiger partial charge in [-0.3, -0.25) is 4.79 Å². The zero-order valence-corrected chi connectivity index (χ0v) is 14.6. The van der Waals surface area contributed by atoms with E-state index in [4.69, 9.17) is 0 Å².